The molecule has 0 aromatic heterocycles. The van der Waals surface area contributed by atoms with Gasteiger partial charge in [0.1, 0.15) is 23.8 Å². The summed E-state index contributed by atoms with van der Waals surface area (Å²) in [6.07, 6.45) is 0. The summed E-state index contributed by atoms with van der Waals surface area (Å²) < 4.78 is 16.8. The van der Waals surface area contributed by atoms with E-state index in [4.69, 9.17) is 25.8 Å². The quantitative estimate of drug-likeness (QED) is 0.264. The Morgan fingerprint density at radius 2 is 1.66 bits per heavy atom. The number of thioether (sulfide) groups is 1. The summed E-state index contributed by atoms with van der Waals surface area (Å²) in [4.78, 5) is 29.0. The van der Waals surface area contributed by atoms with Crippen LogP contribution in [0.2, 0.25) is 5.02 Å². The van der Waals surface area contributed by atoms with Gasteiger partial charge in [0.2, 0.25) is 12.7 Å². The first-order chi connectivity index (χ1) is 20.0. The summed E-state index contributed by atoms with van der Waals surface area (Å²) in [5.41, 5.74) is 3.34. The van der Waals surface area contributed by atoms with E-state index >= 15 is 0 Å². The molecule has 0 radical (unpaired) electrons. The van der Waals surface area contributed by atoms with Crippen LogP contribution in [0.4, 0.5) is 0 Å². The van der Waals surface area contributed by atoms with E-state index in [0.717, 1.165) is 22.4 Å². The highest BCUT2D eigenvalue weighted by molar-refractivity contribution is 7.99. The largest absolute Gasteiger partial charge is 0.489 e. The second kappa shape index (κ2) is 12.2. The van der Waals surface area contributed by atoms with E-state index in [2.05, 4.69) is 5.32 Å². The molecule has 4 aromatic carbocycles. The first-order valence-electron chi connectivity index (χ1n) is 13.2. The number of amides is 2. The number of carbonyl (C=O) groups excluding carboxylic acids is 2. The lowest BCUT2D eigenvalue weighted by Gasteiger charge is -2.29. The second-order valence-electron chi connectivity index (χ2n) is 9.67. The molecule has 2 aliphatic heterocycles. The minimum absolute atomic E-state index is 0.188. The molecule has 1 fully saturated rings. The number of carbonyl (C=O) groups is 2. The molecule has 7 nitrogen and oxygen atoms in total. The number of hydrogen-bond donors (Lipinski definition) is 1. The van der Waals surface area contributed by atoms with Crippen LogP contribution >= 0.6 is 23.4 Å². The number of halogens is 1. The van der Waals surface area contributed by atoms with Crippen molar-refractivity contribution in [2.75, 3.05) is 12.5 Å². The van der Waals surface area contributed by atoms with Crippen molar-refractivity contribution in [2.45, 2.75) is 24.6 Å². The van der Waals surface area contributed by atoms with E-state index < -0.39 is 6.04 Å². The molecule has 2 atom stereocenters. The molecule has 41 heavy (non-hydrogen) atoms. The van der Waals surface area contributed by atoms with Crippen LogP contribution < -0.4 is 19.5 Å². The van der Waals surface area contributed by atoms with Crippen LogP contribution in [0.1, 0.15) is 32.4 Å². The number of fused-ring (bicyclic) bond motifs is 1. The van der Waals surface area contributed by atoms with Crippen LogP contribution in [0, 0.1) is 0 Å². The Morgan fingerprint density at radius 3 is 2.44 bits per heavy atom. The maximum atomic E-state index is 13.8. The summed E-state index contributed by atoms with van der Waals surface area (Å²) in [6.45, 7) is 0.955. The summed E-state index contributed by atoms with van der Waals surface area (Å²) in [7, 11) is 0. The summed E-state index contributed by atoms with van der Waals surface area (Å²) >= 11 is 7.63. The standard InChI is InChI=1S/C32H27ClN2O5S/c33-25-11-7-23(8-12-25)31(37)35-27(30(36)34-17-22-6-15-28-29(16-22)40-20-39-28)19-41-32(35)24-9-13-26(14-10-24)38-18-21-4-2-1-3-5-21/h1-16,27,32H,17-20H2,(H,34,36). The first kappa shape index (κ1) is 27.1. The number of ether oxygens (including phenoxy) is 3. The number of benzene rings is 4. The molecule has 1 N–H and O–H groups in total. The van der Waals surface area contributed by atoms with Crippen molar-refractivity contribution in [3.8, 4) is 17.2 Å². The van der Waals surface area contributed by atoms with Crippen LogP contribution in [-0.4, -0.2) is 35.3 Å². The van der Waals surface area contributed by atoms with E-state index in [1.807, 2.05) is 72.8 Å². The van der Waals surface area contributed by atoms with Gasteiger partial charge < -0.3 is 24.4 Å². The van der Waals surface area contributed by atoms with Crippen LogP contribution in [0.5, 0.6) is 17.2 Å². The van der Waals surface area contributed by atoms with Crippen molar-refractivity contribution < 1.29 is 23.8 Å². The number of nitrogens with one attached hydrogen (secondary N) is 1. The third kappa shape index (κ3) is 6.14. The predicted octanol–water partition coefficient (Wildman–Crippen LogP) is 6.22. The minimum atomic E-state index is -0.656. The molecule has 0 saturated carbocycles. The van der Waals surface area contributed by atoms with Crippen LogP contribution in [0.25, 0.3) is 0 Å². The molecule has 4 aromatic rings. The fourth-order valence-corrected chi connectivity index (χ4v) is 6.34. The Labute approximate surface area is 247 Å². The van der Waals surface area contributed by atoms with E-state index in [1.165, 1.54) is 0 Å². The average Bonchev–Trinajstić information content (AvgIpc) is 3.67. The predicted molar refractivity (Wildman–Crippen MR) is 158 cm³/mol. The van der Waals surface area contributed by atoms with Gasteiger partial charge in [-0.05, 0) is 65.2 Å². The number of hydrogen-bond acceptors (Lipinski definition) is 6. The lowest BCUT2D eigenvalue weighted by Crippen LogP contribution is -2.47. The van der Waals surface area contributed by atoms with Gasteiger partial charge in [-0.2, -0.15) is 0 Å². The molecule has 0 aliphatic carbocycles. The van der Waals surface area contributed by atoms with Gasteiger partial charge in [-0.25, -0.2) is 0 Å². The van der Waals surface area contributed by atoms with Gasteiger partial charge in [-0.1, -0.05) is 60.1 Å². The molecule has 9 heteroatoms. The van der Waals surface area contributed by atoms with Crippen molar-refractivity contribution in [3.05, 3.63) is 124 Å². The molecular weight excluding hydrogens is 560 g/mol. The van der Waals surface area contributed by atoms with Crippen LogP contribution in [0.15, 0.2) is 97.1 Å². The second-order valence-corrected chi connectivity index (χ2v) is 11.2. The molecule has 208 valence electrons. The maximum Gasteiger partial charge on any atom is 0.255 e. The van der Waals surface area contributed by atoms with Gasteiger partial charge in [-0.15, -0.1) is 11.8 Å². The zero-order chi connectivity index (χ0) is 28.2. The summed E-state index contributed by atoms with van der Waals surface area (Å²) in [5, 5.41) is 3.20. The number of rotatable bonds is 8. The highest BCUT2D eigenvalue weighted by Gasteiger charge is 2.42. The summed E-state index contributed by atoms with van der Waals surface area (Å²) in [5.74, 6) is 2.08. The molecule has 2 unspecified atom stereocenters. The van der Waals surface area contributed by atoms with E-state index in [1.54, 1.807) is 40.9 Å². The van der Waals surface area contributed by atoms with Crippen LogP contribution in [-0.2, 0) is 17.9 Å². The lowest BCUT2D eigenvalue weighted by molar-refractivity contribution is -0.125. The Kier molecular flexibility index (Phi) is 8.02. The van der Waals surface area contributed by atoms with Crippen LogP contribution in [0.3, 0.4) is 0 Å². The highest BCUT2D eigenvalue weighted by Crippen LogP contribution is 2.43. The van der Waals surface area contributed by atoms with Crippen molar-refractivity contribution in [1.29, 1.82) is 0 Å². The van der Waals surface area contributed by atoms with E-state index in [0.29, 0.717) is 41.0 Å². The minimum Gasteiger partial charge on any atom is -0.489 e. The lowest BCUT2D eigenvalue weighted by atomic mass is 10.1. The van der Waals surface area contributed by atoms with Crippen molar-refractivity contribution in [1.82, 2.24) is 10.2 Å². The SMILES string of the molecule is O=C(NCc1ccc2c(c1)OCO2)C1CSC(c2ccc(OCc3ccccc3)cc2)N1C(=O)c1ccc(Cl)cc1. The monoisotopic (exact) mass is 586 g/mol. The molecule has 2 heterocycles. The van der Waals surface area contributed by atoms with Crippen molar-refractivity contribution in [3.63, 3.8) is 0 Å². The molecule has 0 spiro atoms. The Morgan fingerprint density at radius 1 is 0.902 bits per heavy atom. The van der Waals surface area contributed by atoms with Gasteiger partial charge in [0.05, 0.1) is 0 Å². The smallest absolute Gasteiger partial charge is 0.255 e. The van der Waals surface area contributed by atoms with Gasteiger partial charge >= 0.3 is 0 Å². The van der Waals surface area contributed by atoms with E-state index in [9.17, 15) is 9.59 Å². The topological polar surface area (TPSA) is 77.1 Å². The Balaban J connectivity index is 1.19. The maximum absolute atomic E-state index is 13.8. The third-order valence-corrected chi connectivity index (χ3v) is 8.52. The fraction of sp³-hybridized carbons (Fsp3) is 0.188. The van der Waals surface area contributed by atoms with Crippen molar-refractivity contribution >= 4 is 35.2 Å². The number of nitrogens with zero attached hydrogens (tertiary/aromatic N) is 1. The first-order valence-corrected chi connectivity index (χ1v) is 14.6. The summed E-state index contributed by atoms with van der Waals surface area (Å²) in [6, 6.07) is 29.3. The Hall–Kier alpha value is -4.14. The Bertz CT molecular complexity index is 1530. The van der Waals surface area contributed by atoms with Gasteiger partial charge in [0, 0.05) is 22.9 Å². The van der Waals surface area contributed by atoms with Gasteiger partial charge in [0.25, 0.3) is 5.91 Å². The molecule has 1 saturated heterocycles. The zero-order valence-electron chi connectivity index (χ0n) is 22.0. The normalized spacial score (nSPS) is 17.3. The molecule has 2 aliphatic rings. The third-order valence-electron chi connectivity index (χ3n) is 6.95. The molecular formula is C32H27ClN2O5S. The fourth-order valence-electron chi connectivity index (χ4n) is 4.78. The zero-order valence-corrected chi connectivity index (χ0v) is 23.6. The van der Waals surface area contributed by atoms with Crippen molar-refractivity contribution in [2.24, 2.45) is 0 Å². The van der Waals surface area contributed by atoms with E-state index in [-0.39, 0.29) is 24.0 Å². The molecule has 2 amide bonds. The average molecular weight is 587 g/mol. The molecule has 0 bridgehead atoms. The highest BCUT2D eigenvalue weighted by atomic mass is 35.5. The van der Waals surface area contributed by atoms with Gasteiger partial charge in [-0.3, -0.25) is 9.59 Å². The molecule has 6 rings (SSSR count). The van der Waals surface area contributed by atoms with Gasteiger partial charge in [0.15, 0.2) is 11.5 Å².